The predicted molar refractivity (Wildman–Crippen MR) is 91.0 cm³/mol. The normalized spacial score (nSPS) is 33.4. The van der Waals surface area contributed by atoms with E-state index in [0.29, 0.717) is 31.6 Å². The Morgan fingerprint density at radius 1 is 1.33 bits per heavy atom. The van der Waals surface area contributed by atoms with Crippen molar-refractivity contribution in [1.29, 1.82) is 0 Å². The second kappa shape index (κ2) is 7.56. The van der Waals surface area contributed by atoms with Gasteiger partial charge in [0, 0.05) is 25.0 Å². The molecule has 1 aliphatic carbocycles. The molecule has 1 saturated carbocycles. The highest BCUT2D eigenvalue weighted by molar-refractivity contribution is 6.30. The zero-order chi connectivity index (χ0) is 17.3. The van der Waals surface area contributed by atoms with Crippen molar-refractivity contribution in [3.05, 3.63) is 11.9 Å². The van der Waals surface area contributed by atoms with Gasteiger partial charge >= 0.3 is 0 Å². The first-order chi connectivity index (χ1) is 11.5. The van der Waals surface area contributed by atoms with Crippen LogP contribution < -0.4 is 5.73 Å². The first-order valence-electron chi connectivity index (χ1n) is 8.34. The molecule has 0 spiro atoms. The number of aliphatic hydroxyl groups is 1. The Labute approximate surface area is 150 Å². The summed E-state index contributed by atoms with van der Waals surface area (Å²) in [6.45, 7) is 1.27. The molecule has 134 valence electrons. The third-order valence-electron chi connectivity index (χ3n) is 5.35. The van der Waals surface area contributed by atoms with Crippen LogP contribution in [0.5, 0.6) is 0 Å². The molecule has 5 atom stereocenters. The van der Waals surface area contributed by atoms with Crippen LogP contribution in [0, 0.1) is 11.8 Å². The highest BCUT2D eigenvalue weighted by atomic mass is 35.5. The number of nitrogens with two attached hydrogens (primary N) is 1. The fraction of sp³-hybridized carbons (Fsp3) is 0.800. The number of carbonyl (C=O) groups is 1. The van der Waals surface area contributed by atoms with Crippen molar-refractivity contribution >= 4 is 29.1 Å². The van der Waals surface area contributed by atoms with Crippen LogP contribution in [0.4, 0.5) is 0 Å². The number of H-pyrrole nitrogens is 1. The van der Waals surface area contributed by atoms with Crippen molar-refractivity contribution in [2.24, 2.45) is 17.6 Å². The van der Waals surface area contributed by atoms with E-state index in [1.165, 1.54) is 6.20 Å². The lowest BCUT2D eigenvalue weighted by Crippen LogP contribution is -2.51. The van der Waals surface area contributed by atoms with E-state index in [1.54, 1.807) is 4.90 Å². The Bertz CT molecular complexity index is 550. The van der Waals surface area contributed by atoms with E-state index < -0.39 is 6.10 Å². The van der Waals surface area contributed by atoms with Crippen molar-refractivity contribution in [1.82, 2.24) is 20.3 Å². The standard InChI is InChI=1S/C15H23Cl2N5O2/c16-10-5-9(13(23)6-11(10)17)14(18)8-1-3-22(4-2-8)15(24)12-7-19-21-20-12/h7-11,13-14,23H,1-6,18H2,(H,19,20,21)/t9?,10?,11?,13?,14-/m1/s1. The van der Waals surface area contributed by atoms with Crippen LogP contribution in [-0.2, 0) is 0 Å². The van der Waals surface area contributed by atoms with Gasteiger partial charge in [0.05, 0.1) is 23.1 Å². The molecule has 7 nitrogen and oxygen atoms in total. The van der Waals surface area contributed by atoms with E-state index in [0.717, 1.165) is 12.8 Å². The molecule has 1 saturated heterocycles. The second-order valence-corrected chi connectivity index (χ2v) is 7.92. The second-order valence-electron chi connectivity index (χ2n) is 6.80. The van der Waals surface area contributed by atoms with Gasteiger partial charge in [-0.1, -0.05) is 0 Å². The SMILES string of the molecule is N[C@H](C1CCN(C(=O)c2cn[nH]n2)CC1)C1CC(Cl)C(Cl)CC1O. The molecule has 0 radical (unpaired) electrons. The number of nitrogens with zero attached hydrogens (tertiary/aromatic N) is 3. The molecule has 1 aromatic rings. The zero-order valence-corrected chi connectivity index (χ0v) is 14.8. The molecule has 1 aromatic heterocycles. The minimum Gasteiger partial charge on any atom is -0.393 e. The van der Waals surface area contributed by atoms with Crippen LogP contribution in [0.3, 0.4) is 0 Å². The first kappa shape index (κ1) is 17.9. The van der Waals surface area contributed by atoms with Gasteiger partial charge in [-0.2, -0.15) is 15.4 Å². The maximum absolute atomic E-state index is 12.3. The summed E-state index contributed by atoms with van der Waals surface area (Å²) in [7, 11) is 0. The minimum atomic E-state index is -0.507. The Morgan fingerprint density at radius 3 is 2.62 bits per heavy atom. The van der Waals surface area contributed by atoms with E-state index in [4.69, 9.17) is 28.9 Å². The van der Waals surface area contributed by atoms with Gasteiger partial charge < -0.3 is 15.7 Å². The summed E-state index contributed by atoms with van der Waals surface area (Å²) in [5, 5.41) is 19.9. The van der Waals surface area contributed by atoms with Gasteiger partial charge in [0.2, 0.25) is 0 Å². The topological polar surface area (TPSA) is 108 Å². The fourth-order valence-corrected chi connectivity index (χ4v) is 4.43. The maximum Gasteiger partial charge on any atom is 0.276 e. The molecule has 4 N–H and O–H groups in total. The van der Waals surface area contributed by atoms with E-state index in [9.17, 15) is 9.90 Å². The van der Waals surface area contributed by atoms with Gasteiger partial charge in [-0.05, 0) is 31.6 Å². The average Bonchev–Trinajstić information content (AvgIpc) is 3.11. The van der Waals surface area contributed by atoms with E-state index in [-0.39, 0.29) is 34.5 Å². The molecule has 4 unspecified atom stereocenters. The highest BCUT2D eigenvalue weighted by Gasteiger charge is 2.40. The number of carbonyl (C=O) groups excluding carboxylic acids is 1. The third-order valence-corrected chi connectivity index (χ3v) is 6.44. The molecule has 2 heterocycles. The number of hydrogen-bond acceptors (Lipinski definition) is 5. The largest absolute Gasteiger partial charge is 0.393 e. The quantitative estimate of drug-likeness (QED) is 0.682. The van der Waals surface area contributed by atoms with Gasteiger partial charge in [0.25, 0.3) is 5.91 Å². The molecule has 2 aliphatic rings. The summed E-state index contributed by atoms with van der Waals surface area (Å²) in [6.07, 6.45) is 3.67. The third kappa shape index (κ3) is 3.69. The van der Waals surface area contributed by atoms with Gasteiger partial charge in [-0.25, -0.2) is 0 Å². The summed E-state index contributed by atoms with van der Waals surface area (Å²) >= 11 is 12.4. The van der Waals surface area contributed by atoms with Gasteiger partial charge in [0.15, 0.2) is 5.69 Å². The molecule has 0 bridgehead atoms. The fourth-order valence-electron chi connectivity index (χ4n) is 3.84. The highest BCUT2D eigenvalue weighted by Crippen LogP contribution is 2.36. The number of halogens is 2. The van der Waals surface area contributed by atoms with E-state index in [2.05, 4.69) is 15.4 Å². The van der Waals surface area contributed by atoms with Crippen LogP contribution in [0.2, 0.25) is 0 Å². The molecule has 2 fully saturated rings. The number of aliphatic hydroxyl groups excluding tert-OH is 1. The van der Waals surface area contributed by atoms with Crippen LogP contribution in [0.1, 0.15) is 36.2 Å². The maximum atomic E-state index is 12.3. The van der Waals surface area contributed by atoms with Crippen molar-refractivity contribution in [3.63, 3.8) is 0 Å². The Balaban J connectivity index is 1.55. The molecule has 1 amide bonds. The van der Waals surface area contributed by atoms with Crippen LogP contribution >= 0.6 is 23.2 Å². The molecule has 3 rings (SSSR count). The Kier molecular flexibility index (Phi) is 5.64. The lowest BCUT2D eigenvalue weighted by Gasteiger charge is -2.42. The van der Waals surface area contributed by atoms with E-state index in [1.807, 2.05) is 0 Å². The number of amides is 1. The summed E-state index contributed by atoms with van der Waals surface area (Å²) < 4.78 is 0. The van der Waals surface area contributed by atoms with Gasteiger partial charge in [0.1, 0.15) is 0 Å². The number of rotatable bonds is 3. The monoisotopic (exact) mass is 375 g/mol. The molecule has 1 aliphatic heterocycles. The Morgan fingerprint density at radius 2 is 2.00 bits per heavy atom. The number of piperidine rings is 1. The number of alkyl halides is 2. The van der Waals surface area contributed by atoms with Crippen molar-refractivity contribution in [2.45, 2.75) is 48.6 Å². The number of nitrogens with one attached hydrogen (secondary N) is 1. The number of hydrogen-bond donors (Lipinski definition) is 3. The molecular weight excluding hydrogens is 353 g/mol. The van der Waals surface area contributed by atoms with Crippen molar-refractivity contribution in [2.75, 3.05) is 13.1 Å². The van der Waals surface area contributed by atoms with Crippen molar-refractivity contribution in [3.8, 4) is 0 Å². The number of aromatic amines is 1. The summed E-state index contributed by atoms with van der Waals surface area (Å²) in [4.78, 5) is 14.0. The summed E-state index contributed by atoms with van der Waals surface area (Å²) in [5.41, 5.74) is 6.78. The van der Waals surface area contributed by atoms with Crippen molar-refractivity contribution < 1.29 is 9.90 Å². The molecule has 9 heteroatoms. The van der Waals surface area contributed by atoms with Gasteiger partial charge in [-0.15, -0.1) is 23.2 Å². The van der Waals surface area contributed by atoms with E-state index >= 15 is 0 Å². The van der Waals surface area contributed by atoms with Crippen LogP contribution in [0.25, 0.3) is 0 Å². The zero-order valence-electron chi connectivity index (χ0n) is 13.3. The lowest BCUT2D eigenvalue weighted by atomic mass is 9.74. The number of likely N-dealkylation sites (tertiary alicyclic amines) is 1. The van der Waals surface area contributed by atoms with Gasteiger partial charge in [-0.3, -0.25) is 4.79 Å². The van der Waals surface area contributed by atoms with Crippen LogP contribution in [-0.4, -0.2) is 67.3 Å². The summed E-state index contributed by atoms with van der Waals surface area (Å²) in [6, 6.07) is -0.130. The smallest absolute Gasteiger partial charge is 0.276 e. The predicted octanol–water partition coefficient (Wildman–Crippen LogP) is 0.970. The Hall–Kier alpha value is -0.890. The molecule has 24 heavy (non-hydrogen) atoms. The lowest BCUT2D eigenvalue weighted by molar-refractivity contribution is 0.0337. The first-order valence-corrected chi connectivity index (χ1v) is 9.21. The molecular formula is C15H23Cl2N5O2. The van der Waals surface area contributed by atoms with Crippen LogP contribution in [0.15, 0.2) is 6.20 Å². The summed E-state index contributed by atoms with van der Waals surface area (Å²) in [5.74, 6) is 0.117. The average molecular weight is 376 g/mol. The number of aromatic nitrogens is 3. The minimum absolute atomic E-state index is 0.0368. The molecule has 0 aromatic carbocycles.